The summed E-state index contributed by atoms with van der Waals surface area (Å²) in [6.45, 7) is 3.51. The van der Waals surface area contributed by atoms with E-state index < -0.39 is 0 Å². The third-order valence-corrected chi connectivity index (χ3v) is 6.29. The fourth-order valence-electron chi connectivity index (χ4n) is 4.58. The summed E-state index contributed by atoms with van der Waals surface area (Å²) in [4.78, 5) is 17.7. The van der Waals surface area contributed by atoms with Crippen LogP contribution in [0.1, 0.15) is 16.9 Å². The van der Waals surface area contributed by atoms with Gasteiger partial charge in [0.05, 0.1) is 31.7 Å². The molecular formula is C27H25N3O4. The largest absolute Gasteiger partial charge is 0.467 e. The lowest BCUT2D eigenvalue weighted by atomic mass is 9.96. The average molecular weight is 456 g/mol. The van der Waals surface area contributed by atoms with E-state index in [1.807, 2.05) is 42.5 Å². The minimum atomic E-state index is -0.125. The molecule has 34 heavy (non-hydrogen) atoms. The summed E-state index contributed by atoms with van der Waals surface area (Å²) in [5.41, 5.74) is 5.64. The zero-order valence-corrected chi connectivity index (χ0v) is 18.7. The molecule has 2 N–H and O–H groups in total. The zero-order chi connectivity index (χ0) is 22.9. The Bertz CT molecular complexity index is 1370. The molecule has 1 saturated heterocycles. The van der Waals surface area contributed by atoms with Crippen LogP contribution in [0.5, 0.6) is 11.5 Å². The molecule has 7 nitrogen and oxygen atoms in total. The molecule has 6 rings (SSSR count). The number of nitrogens with one attached hydrogen (secondary N) is 2. The van der Waals surface area contributed by atoms with Crippen molar-refractivity contribution in [1.82, 2.24) is 4.98 Å². The number of hydrogen-bond acceptors (Lipinski definition) is 6. The molecule has 0 bridgehead atoms. The third kappa shape index (κ3) is 4.06. The number of fused-ring (bicyclic) bond motifs is 2. The van der Waals surface area contributed by atoms with Crippen LogP contribution in [0, 0.1) is 0 Å². The lowest BCUT2D eigenvalue weighted by Crippen LogP contribution is -2.36. The highest BCUT2D eigenvalue weighted by Gasteiger charge is 2.22. The Morgan fingerprint density at radius 2 is 1.88 bits per heavy atom. The molecule has 0 radical (unpaired) electrons. The number of H-pyrrole nitrogens is 1. The lowest BCUT2D eigenvalue weighted by molar-refractivity contribution is 0.122. The Morgan fingerprint density at radius 1 is 0.971 bits per heavy atom. The molecule has 0 aliphatic carbocycles. The van der Waals surface area contributed by atoms with Crippen molar-refractivity contribution in [2.45, 2.75) is 13.0 Å². The van der Waals surface area contributed by atoms with Gasteiger partial charge in [-0.15, -0.1) is 0 Å². The molecule has 2 aromatic carbocycles. The summed E-state index contributed by atoms with van der Waals surface area (Å²) in [6, 6.07) is 19.7. The molecule has 0 spiro atoms. The number of hydrogen-bond donors (Lipinski definition) is 2. The molecule has 0 atom stereocenters. The summed E-state index contributed by atoms with van der Waals surface area (Å²) < 4.78 is 17.3. The number of nitrogens with zero attached hydrogens (tertiary/aromatic N) is 1. The monoisotopic (exact) mass is 455 g/mol. The summed E-state index contributed by atoms with van der Waals surface area (Å²) in [6.07, 6.45) is 2.43. The van der Waals surface area contributed by atoms with Crippen LogP contribution in [0.25, 0.3) is 11.3 Å². The predicted molar refractivity (Wildman–Crippen MR) is 131 cm³/mol. The van der Waals surface area contributed by atoms with Crippen LogP contribution in [0.4, 0.5) is 11.4 Å². The van der Waals surface area contributed by atoms with Crippen LogP contribution < -0.4 is 20.5 Å². The Balaban J connectivity index is 1.29. The van der Waals surface area contributed by atoms with Gasteiger partial charge in [0.15, 0.2) is 0 Å². The Kier molecular flexibility index (Phi) is 5.31. The van der Waals surface area contributed by atoms with Gasteiger partial charge in [0, 0.05) is 48.1 Å². The SMILES string of the molecule is O=c1cc(N2CCOCC2)cc(-c2cccc3c2Oc2ccc(NCc4ccco4)cc2C3)[nH]1. The Morgan fingerprint density at radius 3 is 2.74 bits per heavy atom. The molecule has 7 heteroatoms. The van der Waals surface area contributed by atoms with Gasteiger partial charge >= 0.3 is 0 Å². The van der Waals surface area contributed by atoms with Gasteiger partial charge in [0.25, 0.3) is 0 Å². The molecule has 4 aromatic rings. The second kappa shape index (κ2) is 8.76. The van der Waals surface area contributed by atoms with Crippen molar-refractivity contribution in [3.8, 4) is 22.8 Å². The topological polar surface area (TPSA) is 79.7 Å². The highest BCUT2D eigenvalue weighted by molar-refractivity contribution is 5.74. The number of morpholine rings is 1. The minimum Gasteiger partial charge on any atom is -0.467 e. The molecule has 0 unspecified atom stereocenters. The number of para-hydroxylation sites is 1. The summed E-state index contributed by atoms with van der Waals surface area (Å²) in [7, 11) is 0. The first kappa shape index (κ1) is 20.6. The van der Waals surface area contributed by atoms with Crippen LogP contribution in [0.15, 0.2) is 76.1 Å². The van der Waals surface area contributed by atoms with Gasteiger partial charge in [-0.3, -0.25) is 4.79 Å². The fourth-order valence-corrected chi connectivity index (χ4v) is 4.58. The number of aromatic nitrogens is 1. The molecule has 0 saturated carbocycles. The van der Waals surface area contributed by atoms with Crippen LogP contribution in [0.3, 0.4) is 0 Å². The number of ether oxygens (including phenoxy) is 2. The normalized spacial score (nSPS) is 14.8. The third-order valence-electron chi connectivity index (χ3n) is 6.29. The van der Waals surface area contributed by atoms with E-state index in [1.54, 1.807) is 12.3 Å². The molecule has 2 aliphatic rings. The second-order valence-electron chi connectivity index (χ2n) is 8.54. The van der Waals surface area contributed by atoms with Crippen LogP contribution >= 0.6 is 0 Å². The Hall–Kier alpha value is -3.97. The molecule has 0 amide bonds. The molecule has 1 fully saturated rings. The quantitative estimate of drug-likeness (QED) is 0.397. The number of furan rings is 1. The van der Waals surface area contributed by atoms with E-state index in [-0.39, 0.29) is 5.56 Å². The van der Waals surface area contributed by atoms with Gasteiger partial charge < -0.3 is 29.1 Å². The molecule has 172 valence electrons. The van der Waals surface area contributed by atoms with E-state index in [4.69, 9.17) is 13.9 Å². The summed E-state index contributed by atoms with van der Waals surface area (Å²) in [5, 5.41) is 3.40. The van der Waals surface area contributed by atoms with E-state index in [2.05, 4.69) is 27.3 Å². The van der Waals surface area contributed by atoms with Crippen molar-refractivity contribution in [3.05, 3.63) is 94.2 Å². The maximum Gasteiger partial charge on any atom is 0.250 e. The molecule has 2 aromatic heterocycles. The van der Waals surface area contributed by atoms with E-state index in [0.717, 1.165) is 70.5 Å². The van der Waals surface area contributed by atoms with Crippen LogP contribution in [0.2, 0.25) is 0 Å². The maximum atomic E-state index is 12.5. The zero-order valence-electron chi connectivity index (χ0n) is 18.7. The van der Waals surface area contributed by atoms with Gasteiger partial charge in [0.1, 0.15) is 17.3 Å². The minimum absolute atomic E-state index is 0.125. The number of benzene rings is 2. The van der Waals surface area contributed by atoms with Crippen LogP contribution in [-0.4, -0.2) is 31.3 Å². The van der Waals surface area contributed by atoms with Gasteiger partial charge in [-0.1, -0.05) is 12.1 Å². The maximum absolute atomic E-state index is 12.5. The first-order valence-electron chi connectivity index (χ1n) is 11.5. The summed E-state index contributed by atoms with van der Waals surface area (Å²) in [5.74, 6) is 2.51. The van der Waals surface area contributed by atoms with Gasteiger partial charge in [-0.25, -0.2) is 0 Å². The highest BCUT2D eigenvalue weighted by atomic mass is 16.5. The molecule has 2 aliphatic heterocycles. The van der Waals surface area contributed by atoms with Crippen molar-refractivity contribution in [1.29, 1.82) is 0 Å². The van der Waals surface area contributed by atoms with Gasteiger partial charge in [-0.05, 0) is 48.0 Å². The van der Waals surface area contributed by atoms with E-state index in [9.17, 15) is 4.79 Å². The molecular weight excluding hydrogens is 430 g/mol. The van der Waals surface area contributed by atoms with Crippen LogP contribution in [-0.2, 0) is 17.7 Å². The van der Waals surface area contributed by atoms with Crippen molar-refractivity contribution < 1.29 is 13.9 Å². The van der Waals surface area contributed by atoms with E-state index in [0.29, 0.717) is 19.8 Å². The van der Waals surface area contributed by atoms with Gasteiger partial charge in [0.2, 0.25) is 5.56 Å². The first-order chi connectivity index (χ1) is 16.7. The van der Waals surface area contributed by atoms with Crippen molar-refractivity contribution in [2.75, 3.05) is 36.5 Å². The van der Waals surface area contributed by atoms with Crippen molar-refractivity contribution >= 4 is 11.4 Å². The predicted octanol–water partition coefficient (Wildman–Crippen LogP) is 4.78. The smallest absolute Gasteiger partial charge is 0.250 e. The molecule has 4 heterocycles. The van der Waals surface area contributed by atoms with E-state index in [1.165, 1.54) is 0 Å². The average Bonchev–Trinajstić information content (AvgIpc) is 3.40. The van der Waals surface area contributed by atoms with E-state index >= 15 is 0 Å². The fraction of sp³-hybridized carbons (Fsp3) is 0.222. The number of pyridine rings is 1. The first-order valence-corrected chi connectivity index (χ1v) is 11.5. The summed E-state index contributed by atoms with van der Waals surface area (Å²) >= 11 is 0. The highest BCUT2D eigenvalue weighted by Crippen LogP contribution is 2.43. The lowest BCUT2D eigenvalue weighted by Gasteiger charge is -2.29. The number of aromatic amines is 1. The number of rotatable bonds is 5. The van der Waals surface area contributed by atoms with Crippen molar-refractivity contribution in [2.24, 2.45) is 0 Å². The number of anilines is 2. The Labute approximate surface area is 196 Å². The standard InChI is InChI=1S/C27H25N3O4/c31-26-16-21(30-8-11-32-12-9-30)15-24(29-26)23-5-1-3-18-13-19-14-20(6-7-25(19)34-27(18)23)28-17-22-4-2-10-33-22/h1-7,10,14-16,28H,8-9,11-13,17H2,(H,29,31). The second-order valence-corrected chi connectivity index (χ2v) is 8.54. The van der Waals surface area contributed by atoms with Gasteiger partial charge in [-0.2, -0.15) is 0 Å². The van der Waals surface area contributed by atoms with Crippen molar-refractivity contribution in [3.63, 3.8) is 0 Å².